The van der Waals surface area contributed by atoms with Crippen LogP contribution >= 0.6 is 0 Å². The fourth-order valence-corrected chi connectivity index (χ4v) is 5.02. The van der Waals surface area contributed by atoms with Gasteiger partial charge >= 0.3 is 0 Å². The molecule has 262 valence electrons. The summed E-state index contributed by atoms with van der Waals surface area (Å²) in [7, 11) is 0. The second-order valence-corrected chi connectivity index (χ2v) is 11.6. The second-order valence-electron chi connectivity index (χ2n) is 11.6. The maximum Gasteiger partial charge on any atom is 0.251 e. The summed E-state index contributed by atoms with van der Waals surface area (Å²) in [6.45, 7) is 2.75. The van der Waals surface area contributed by atoms with Crippen molar-refractivity contribution < 1.29 is 59.9 Å². The molecule has 14 heteroatoms. The zero-order valence-electron chi connectivity index (χ0n) is 26.2. The largest absolute Gasteiger partial charge is 0.394 e. The van der Waals surface area contributed by atoms with Crippen LogP contribution in [0.2, 0.25) is 0 Å². The Balaban J connectivity index is 1.59. The monoisotopic (exact) mass is 656 g/mol. The summed E-state index contributed by atoms with van der Waals surface area (Å²) < 4.78 is 10.5. The molecule has 0 bridgehead atoms. The first-order valence-electron chi connectivity index (χ1n) is 15.9. The van der Waals surface area contributed by atoms with Gasteiger partial charge in [0.2, 0.25) is 5.91 Å². The fraction of sp³-hybridized carbons (Fsp3) is 0.688. The number of aliphatic hydroxyl groups is 8. The van der Waals surface area contributed by atoms with Crippen molar-refractivity contribution in [2.24, 2.45) is 0 Å². The fourth-order valence-electron chi connectivity index (χ4n) is 5.02. The number of hydrogen-bond acceptors (Lipinski definition) is 12. The third kappa shape index (κ3) is 13.0. The number of unbranched alkanes of at least 4 members (excludes halogenated alkanes) is 7. The minimum absolute atomic E-state index is 0.0360. The molecule has 1 fully saturated rings. The van der Waals surface area contributed by atoms with Crippen LogP contribution in [0.1, 0.15) is 68.9 Å². The Labute approximate surface area is 269 Å². The molecule has 0 radical (unpaired) electrons. The van der Waals surface area contributed by atoms with Gasteiger partial charge in [-0.3, -0.25) is 9.59 Å². The minimum atomic E-state index is -2.08. The highest BCUT2D eigenvalue weighted by Gasteiger charge is 2.47. The Morgan fingerprint density at radius 3 is 2.07 bits per heavy atom. The van der Waals surface area contributed by atoms with Gasteiger partial charge in [0.05, 0.1) is 13.2 Å². The molecule has 1 aliphatic heterocycles. The van der Waals surface area contributed by atoms with E-state index in [-0.39, 0.29) is 12.5 Å². The van der Waals surface area contributed by atoms with Crippen molar-refractivity contribution in [1.82, 2.24) is 10.6 Å². The summed E-state index contributed by atoms with van der Waals surface area (Å²) in [5, 5.41) is 85.2. The maximum absolute atomic E-state index is 12.4. The van der Waals surface area contributed by atoms with Crippen LogP contribution in [0.15, 0.2) is 30.8 Å². The van der Waals surface area contributed by atoms with Gasteiger partial charge in [-0.05, 0) is 24.0 Å². The maximum atomic E-state index is 12.4. The molecule has 0 saturated carbocycles. The number of carbonyl (C=O) groups is 2. The average Bonchev–Trinajstić information content (AvgIpc) is 3.07. The topological polar surface area (TPSA) is 238 Å². The van der Waals surface area contributed by atoms with Crippen LogP contribution in [0, 0.1) is 0 Å². The molecule has 1 aromatic carbocycles. The van der Waals surface area contributed by atoms with Crippen LogP contribution in [-0.2, 0) is 25.6 Å². The quantitative estimate of drug-likeness (QED) is 0.0665. The SMILES string of the molecule is C=Cc1ccc(CNC(=O)CCCCCCCCCCNC(=O)C(O)C(O)C(O[C@H]2O[C@H](CO)[C@@H](O)[C@H](O)[C@H]2O)C(O)CO)cc1. The number of nitrogens with one attached hydrogen (secondary N) is 2. The number of ether oxygens (including phenoxy) is 2. The number of carbonyl (C=O) groups excluding carboxylic acids is 2. The number of hydrogen-bond donors (Lipinski definition) is 10. The molecule has 2 rings (SSSR count). The first-order chi connectivity index (χ1) is 22.0. The van der Waals surface area contributed by atoms with Crippen molar-refractivity contribution in [1.29, 1.82) is 0 Å². The van der Waals surface area contributed by atoms with E-state index >= 15 is 0 Å². The van der Waals surface area contributed by atoms with Crippen molar-refractivity contribution >= 4 is 17.9 Å². The predicted octanol–water partition coefficient (Wildman–Crippen LogP) is -1.17. The summed E-state index contributed by atoms with van der Waals surface area (Å²) in [4.78, 5) is 24.5. The van der Waals surface area contributed by atoms with Crippen molar-refractivity contribution in [3.05, 3.63) is 42.0 Å². The van der Waals surface area contributed by atoms with E-state index in [1.54, 1.807) is 6.08 Å². The Morgan fingerprint density at radius 2 is 1.48 bits per heavy atom. The predicted molar refractivity (Wildman–Crippen MR) is 167 cm³/mol. The molecule has 1 saturated heterocycles. The Bertz CT molecular complexity index is 1030. The van der Waals surface area contributed by atoms with E-state index in [1.165, 1.54) is 0 Å². The van der Waals surface area contributed by atoms with Crippen molar-refractivity contribution in [3.63, 3.8) is 0 Å². The van der Waals surface area contributed by atoms with Gasteiger partial charge in [0.25, 0.3) is 5.91 Å². The van der Waals surface area contributed by atoms with Gasteiger partial charge < -0.3 is 61.0 Å². The van der Waals surface area contributed by atoms with Gasteiger partial charge in [-0.2, -0.15) is 0 Å². The zero-order chi connectivity index (χ0) is 34.1. The number of amides is 2. The van der Waals surface area contributed by atoms with Gasteiger partial charge in [-0.1, -0.05) is 75.4 Å². The molecule has 4 unspecified atom stereocenters. The van der Waals surface area contributed by atoms with Crippen LogP contribution in [-0.4, -0.2) is 128 Å². The lowest BCUT2D eigenvalue weighted by Crippen LogP contribution is -2.62. The lowest BCUT2D eigenvalue weighted by Gasteiger charge is -2.42. The molecule has 10 N–H and O–H groups in total. The second kappa shape index (κ2) is 21.4. The molecule has 0 aliphatic carbocycles. The summed E-state index contributed by atoms with van der Waals surface area (Å²) in [6, 6.07) is 7.85. The highest BCUT2D eigenvalue weighted by atomic mass is 16.7. The Morgan fingerprint density at radius 1 is 0.870 bits per heavy atom. The van der Waals surface area contributed by atoms with Crippen LogP contribution in [0.3, 0.4) is 0 Å². The standard InChI is InChI=1S/C32H52N2O12/c1-2-20-12-14-21(15-13-20)17-34-24(38)11-9-7-5-3-4-6-8-10-16-33-31(44)28(42)27(41)30(22(37)18-35)46-32-29(43)26(40)25(39)23(19-36)45-32/h2,12-15,22-23,25-30,32,35-37,39-43H,1,3-11,16-19H2,(H,33,44)(H,34,38)/t22?,23-,25-,26+,27?,28?,29-,30?,32-/m1/s1. The number of benzene rings is 1. The molecule has 1 aromatic rings. The molecule has 2 amide bonds. The van der Waals surface area contributed by atoms with E-state index in [9.17, 15) is 50.4 Å². The average molecular weight is 657 g/mol. The lowest BCUT2D eigenvalue weighted by molar-refractivity contribution is -0.326. The van der Waals surface area contributed by atoms with E-state index in [0.29, 0.717) is 19.4 Å². The number of rotatable bonds is 22. The van der Waals surface area contributed by atoms with Crippen LogP contribution < -0.4 is 10.6 Å². The third-order valence-electron chi connectivity index (χ3n) is 7.97. The van der Waals surface area contributed by atoms with Gasteiger partial charge in [0.1, 0.15) is 42.7 Å². The third-order valence-corrected chi connectivity index (χ3v) is 7.97. The van der Waals surface area contributed by atoms with Gasteiger partial charge in [-0.15, -0.1) is 0 Å². The molecule has 14 nitrogen and oxygen atoms in total. The summed E-state index contributed by atoms with van der Waals surface area (Å²) in [5.41, 5.74) is 2.07. The molecule has 9 atom stereocenters. The van der Waals surface area contributed by atoms with Crippen LogP contribution in [0.4, 0.5) is 0 Å². The lowest BCUT2D eigenvalue weighted by atomic mass is 9.98. The number of aliphatic hydroxyl groups excluding tert-OH is 8. The molecular formula is C32H52N2O12. The van der Waals surface area contributed by atoms with Crippen molar-refractivity contribution in [2.75, 3.05) is 19.8 Å². The highest BCUT2D eigenvalue weighted by Crippen LogP contribution is 2.25. The van der Waals surface area contributed by atoms with Crippen LogP contribution in [0.5, 0.6) is 0 Å². The van der Waals surface area contributed by atoms with Crippen LogP contribution in [0.25, 0.3) is 6.08 Å². The molecule has 1 heterocycles. The zero-order valence-corrected chi connectivity index (χ0v) is 26.2. The van der Waals surface area contributed by atoms with E-state index in [0.717, 1.165) is 56.1 Å². The van der Waals surface area contributed by atoms with E-state index in [1.807, 2.05) is 24.3 Å². The molecule has 0 spiro atoms. The van der Waals surface area contributed by atoms with Crippen molar-refractivity contribution in [2.45, 2.75) is 119 Å². The minimum Gasteiger partial charge on any atom is -0.394 e. The Kier molecular flexibility index (Phi) is 18.4. The van der Waals surface area contributed by atoms with E-state index < -0.39 is 74.2 Å². The first-order valence-corrected chi connectivity index (χ1v) is 15.9. The molecule has 46 heavy (non-hydrogen) atoms. The smallest absolute Gasteiger partial charge is 0.251 e. The van der Waals surface area contributed by atoms with Crippen molar-refractivity contribution in [3.8, 4) is 0 Å². The van der Waals surface area contributed by atoms with Gasteiger partial charge in [-0.25, -0.2) is 0 Å². The van der Waals surface area contributed by atoms with Gasteiger partial charge in [0.15, 0.2) is 12.4 Å². The normalized spacial score (nSPS) is 24.0. The first kappa shape index (κ1) is 39.7. The Hall–Kier alpha value is -2.50. The highest BCUT2D eigenvalue weighted by molar-refractivity contribution is 5.81. The van der Waals surface area contributed by atoms with E-state index in [4.69, 9.17) is 9.47 Å². The molecule has 0 aromatic heterocycles. The van der Waals surface area contributed by atoms with Gasteiger partial charge in [0, 0.05) is 19.5 Å². The molecule has 1 aliphatic rings. The van der Waals surface area contributed by atoms with E-state index in [2.05, 4.69) is 17.2 Å². The molecular weight excluding hydrogens is 604 g/mol. The summed E-state index contributed by atoms with van der Waals surface area (Å²) in [6.07, 6.45) is -6.82. The summed E-state index contributed by atoms with van der Waals surface area (Å²) >= 11 is 0. The summed E-state index contributed by atoms with van der Waals surface area (Å²) in [5.74, 6) is -0.913.